The summed E-state index contributed by atoms with van der Waals surface area (Å²) in [4.78, 5) is 23.9. The van der Waals surface area contributed by atoms with E-state index in [0.717, 1.165) is 5.56 Å². The molecular weight excluding hydrogens is 310 g/mol. The summed E-state index contributed by atoms with van der Waals surface area (Å²) in [5, 5.41) is 2.94. The van der Waals surface area contributed by atoms with E-state index >= 15 is 0 Å². The van der Waals surface area contributed by atoms with Gasteiger partial charge < -0.3 is 19.5 Å². The Labute approximate surface area is 142 Å². The number of rotatable bonds is 4. The van der Waals surface area contributed by atoms with Crippen molar-refractivity contribution in [2.75, 3.05) is 19.8 Å². The second-order valence-corrected chi connectivity index (χ2v) is 6.81. The number of carbonyl (C=O) groups excluding carboxylic acids is 2. The smallest absolute Gasteiger partial charge is 0.408 e. The van der Waals surface area contributed by atoms with Crippen molar-refractivity contribution in [1.29, 1.82) is 0 Å². The van der Waals surface area contributed by atoms with Crippen molar-refractivity contribution in [2.45, 2.75) is 45.3 Å². The van der Waals surface area contributed by atoms with Crippen LogP contribution < -0.4 is 5.32 Å². The molecule has 1 heterocycles. The number of alkyl carbamates (subject to hydrolysis) is 1. The zero-order chi connectivity index (χ0) is 17.8. The van der Waals surface area contributed by atoms with Crippen LogP contribution in [0.4, 0.5) is 4.79 Å². The molecule has 1 aliphatic heterocycles. The van der Waals surface area contributed by atoms with E-state index in [0.29, 0.717) is 31.8 Å². The van der Waals surface area contributed by atoms with E-state index < -0.39 is 17.2 Å². The van der Waals surface area contributed by atoms with Crippen LogP contribution in [-0.2, 0) is 19.7 Å². The van der Waals surface area contributed by atoms with E-state index in [4.69, 9.17) is 14.2 Å². The summed E-state index contributed by atoms with van der Waals surface area (Å²) >= 11 is 0. The third-order valence-corrected chi connectivity index (χ3v) is 3.71. The van der Waals surface area contributed by atoms with Gasteiger partial charge in [-0.15, -0.1) is 0 Å². The molecule has 1 saturated heterocycles. The molecule has 0 saturated carbocycles. The van der Waals surface area contributed by atoms with Gasteiger partial charge in [0, 0.05) is 13.0 Å². The minimum absolute atomic E-state index is 0.332. The first-order chi connectivity index (χ1) is 11.3. The Kier molecular flexibility index (Phi) is 5.49. The zero-order valence-electron chi connectivity index (χ0n) is 14.7. The molecule has 2 rings (SSSR count). The zero-order valence-corrected chi connectivity index (χ0v) is 14.7. The average Bonchev–Trinajstić information content (AvgIpc) is 2.95. The Morgan fingerprint density at radius 2 is 1.92 bits per heavy atom. The molecule has 1 aromatic carbocycles. The molecule has 24 heavy (non-hydrogen) atoms. The van der Waals surface area contributed by atoms with Crippen molar-refractivity contribution in [3.63, 3.8) is 0 Å². The molecule has 0 spiro atoms. The van der Waals surface area contributed by atoms with Gasteiger partial charge in [-0.2, -0.15) is 0 Å². The summed E-state index contributed by atoms with van der Waals surface area (Å²) in [5.74, 6) is -0.360. The molecule has 0 aliphatic carbocycles. The molecule has 0 aromatic heterocycles. The quantitative estimate of drug-likeness (QED) is 0.856. The summed E-state index contributed by atoms with van der Waals surface area (Å²) in [6.07, 6.45) is 0.160. The van der Waals surface area contributed by atoms with Crippen LogP contribution in [0, 0.1) is 0 Å². The SMILES string of the molecule is CCOC(=O)c1ccc(C2(NC(=O)OC(C)(C)C)CCOC2)cc1. The lowest BCUT2D eigenvalue weighted by Crippen LogP contribution is -2.48. The maximum atomic E-state index is 12.2. The van der Waals surface area contributed by atoms with E-state index in [1.807, 2.05) is 32.9 Å². The van der Waals surface area contributed by atoms with Gasteiger partial charge in [0.05, 0.1) is 24.3 Å². The van der Waals surface area contributed by atoms with Crippen LogP contribution in [0.15, 0.2) is 24.3 Å². The Hall–Kier alpha value is -2.08. The van der Waals surface area contributed by atoms with Gasteiger partial charge in [-0.05, 0) is 45.4 Å². The highest BCUT2D eigenvalue weighted by Gasteiger charge is 2.39. The highest BCUT2D eigenvalue weighted by molar-refractivity contribution is 5.89. The summed E-state index contributed by atoms with van der Waals surface area (Å²) in [7, 11) is 0. The number of hydrogen-bond donors (Lipinski definition) is 1. The van der Waals surface area contributed by atoms with E-state index in [2.05, 4.69) is 5.32 Å². The van der Waals surface area contributed by atoms with E-state index in [1.54, 1.807) is 19.1 Å². The third kappa shape index (κ3) is 4.47. The van der Waals surface area contributed by atoms with E-state index in [1.165, 1.54) is 0 Å². The van der Waals surface area contributed by atoms with Crippen molar-refractivity contribution in [3.05, 3.63) is 35.4 Å². The number of benzene rings is 1. The van der Waals surface area contributed by atoms with Gasteiger partial charge in [0.2, 0.25) is 0 Å². The summed E-state index contributed by atoms with van der Waals surface area (Å²) < 4.78 is 15.8. The van der Waals surface area contributed by atoms with Gasteiger partial charge in [0.15, 0.2) is 0 Å². The number of ether oxygens (including phenoxy) is 3. The van der Waals surface area contributed by atoms with E-state index in [-0.39, 0.29) is 5.97 Å². The van der Waals surface area contributed by atoms with Gasteiger partial charge in [-0.1, -0.05) is 12.1 Å². The average molecular weight is 335 g/mol. The lowest BCUT2D eigenvalue weighted by atomic mass is 9.88. The fourth-order valence-corrected chi connectivity index (χ4v) is 2.60. The first-order valence-corrected chi connectivity index (χ1v) is 8.12. The Balaban J connectivity index is 2.18. The second-order valence-electron chi connectivity index (χ2n) is 6.81. The fraction of sp³-hybridized carbons (Fsp3) is 0.556. The molecule has 1 unspecified atom stereocenters. The standard InChI is InChI=1S/C18H25NO5/c1-5-23-15(20)13-6-8-14(9-7-13)18(10-11-22-12-18)19-16(21)24-17(2,3)4/h6-9H,5,10-12H2,1-4H3,(H,19,21). The van der Waals surface area contributed by atoms with Crippen LogP contribution in [0.5, 0.6) is 0 Å². The first-order valence-electron chi connectivity index (χ1n) is 8.12. The van der Waals surface area contributed by atoms with Gasteiger partial charge in [0.1, 0.15) is 5.60 Å². The van der Waals surface area contributed by atoms with Crippen molar-refractivity contribution in [2.24, 2.45) is 0 Å². The molecule has 6 nitrogen and oxygen atoms in total. The molecule has 0 bridgehead atoms. The van der Waals surface area contributed by atoms with Gasteiger partial charge in [0.25, 0.3) is 0 Å². The number of amides is 1. The minimum atomic E-state index is -0.643. The van der Waals surface area contributed by atoms with Gasteiger partial charge in [-0.25, -0.2) is 9.59 Å². The number of carbonyl (C=O) groups is 2. The minimum Gasteiger partial charge on any atom is -0.462 e. The van der Waals surface area contributed by atoms with Crippen molar-refractivity contribution < 1.29 is 23.8 Å². The Bertz CT molecular complexity index is 582. The monoisotopic (exact) mass is 335 g/mol. The number of hydrogen-bond acceptors (Lipinski definition) is 5. The van der Waals surface area contributed by atoms with Crippen LogP contribution in [-0.4, -0.2) is 37.5 Å². The predicted octanol–water partition coefficient (Wildman–Crippen LogP) is 3.00. The largest absolute Gasteiger partial charge is 0.462 e. The molecule has 6 heteroatoms. The fourth-order valence-electron chi connectivity index (χ4n) is 2.60. The lowest BCUT2D eigenvalue weighted by Gasteiger charge is -2.31. The molecule has 1 fully saturated rings. The summed E-state index contributed by atoms with van der Waals surface area (Å²) in [6.45, 7) is 8.47. The van der Waals surface area contributed by atoms with Crippen molar-refractivity contribution >= 4 is 12.1 Å². The van der Waals surface area contributed by atoms with Crippen LogP contribution in [0.2, 0.25) is 0 Å². The molecule has 132 valence electrons. The number of nitrogens with one attached hydrogen (secondary N) is 1. The van der Waals surface area contributed by atoms with Crippen molar-refractivity contribution in [3.8, 4) is 0 Å². The molecule has 0 radical (unpaired) electrons. The normalized spacial score (nSPS) is 20.5. The molecule has 1 N–H and O–H groups in total. The third-order valence-electron chi connectivity index (χ3n) is 3.71. The van der Waals surface area contributed by atoms with Crippen LogP contribution in [0.1, 0.15) is 50.0 Å². The summed E-state index contributed by atoms with van der Waals surface area (Å²) in [5.41, 5.74) is 0.138. The van der Waals surface area contributed by atoms with E-state index in [9.17, 15) is 9.59 Å². The molecular formula is C18H25NO5. The second kappa shape index (κ2) is 7.21. The van der Waals surface area contributed by atoms with Crippen LogP contribution in [0.25, 0.3) is 0 Å². The highest BCUT2D eigenvalue weighted by atomic mass is 16.6. The van der Waals surface area contributed by atoms with Gasteiger partial charge >= 0.3 is 12.1 Å². The first kappa shape index (κ1) is 18.3. The highest BCUT2D eigenvalue weighted by Crippen LogP contribution is 2.31. The maximum absolute atomic E-state index is 12.2. The lowest BCUT2D eigenvalue weighted by molar-refractivity contribution is 0.0435. The molecule has 1 amide bonds. The molecule has 1 aromatic rings. The molecule has 1 aliphatic rings. The van der Waals surface area contributed by atoms with Crippen molar-refractivity contribution in [1.82, 2.24) is 5.32 Å². The Morgan fingerprint density at radius 1 is 1.25 bits per heavy atom. The molecule has 1 atom stereocenters. The summed E-state index contributed by atoms with van der Waals surface area (Å²) in [6, 6.07) is 7.03. The number of esters is 1. The van der Waals surface area contributed by atoms with Crippen LogP contribution in [0.3, 0.4) is 0 Å². The topological polar surface area (TPSA) is 73.9 Å². The van der Waals surface area contributed by atoms with Crippen LogP contribution >= 0.6 is 0 Å². The van der Waals surface area contributed by atoms with Gasteiger partial charge in [-0.3, -0.25) is 0 Å². The maximum Gasteiger partial charge on any atom is 0.408 e. The Morgan fingerprint density at radius 3 is 2.42 bits per heavy atom. The predicted molar refractivity (Wildman–Crippen MR) is 88.9 cm³/mol.